The molecule has 1 heterocycles. The van der Waals surface area contributed by atoms with Gasteiger partial charge in [-0.25, -0.2) is 4.39 Å². The molecule has 11 heteroatoms. The van der Waals surface area contributed by atoms with Crippen LogP contribution in [0.1, 0.15) is 11.1 Å². The molecular weight excluding hydrogens is 551 g/mol. The minimum atomic E-state index is -4.19. The van der Waals surface area contributed by atoms with Crippen LogP contribution >= 0.6 is 23.4 Å². The lowest BCUT2D eigenvalue weighted by molar-refractivity contribution is -0.121. The molecule has 0 aliphatic carbocycles. The SMILES string of the molecule is C=CCN1C(=O)/C(=C/c2ccc(OC)c(OCc3ccccc3Cl)c2)S/C1=N/S(=O)(=O)c1ccc(F)cc1. The summed E-state index contributed by atoms with van der Waals surface area (Å²) in [7, 11) is -2.67. The number of rotatable bonds is 9. The number of amides is 1. The summed E-state index contributed by atoms with van der Waals surface area (Å²) in [5, 5.41) is 0.539. The van der Waals surface area contributed by atoms with Crippen LogP contribution in [0.5, 0.6) is 11.5 Å². The minimum Gasteiger partial charge on any atom is -0.493 e. The third-order valence-electron chi connectivity index (χ3n) is 5.34. The fourth-order valence-electron chi connectivity index (χ4n) is 3.45. The van der Waals surface area contributed by atoms with Crippen LogP contribution in [0.3, 0.4) is 0 Å². The molecule has 1 saturated heterocycles. The first-order valence-corrected chi connectivity index (χ1v) is 13.8. The van der Waals surface area contributed by atoms with E-state index in [1.807, 2.05) is 18.2 Å². The maximum Gasteiger partial charge on any atom is 0.284 e. The fraction of sp³-hybridized carbons (Fsp3) is 0.111. The monoisotopic (exact) mass is 572 g/mol. The predicted octanol–water partition coefficient (Wildman–Crippen LogP) is 5.91. The van der Waals surface area contributed by atoms with E-state index in [0.29, 0.717) is 22.1 Å². The van der Waals surface area contributed by atoms with Gasteiger partial charge in [0, 0.05) is 17.1 Å². The van der Waals surface area contributed by atoms with Crippen molar-refractivity contribution < 1.29 is 27.1 Å². The maximum absolute atomic E-state index is 13.3. The van der Waals surface area contributed by atoms with Gasteiger partial charge in [0.1, 0.15) is 12.4 Å². The smallest absolute Gasteiger partial charge is 0.284 e. The number of methoxy groups -OCH3 is 1. The number of hydrogen-bond acceptors (Lipinski definition) is 6. The topological polar surface area (TPSA) is 85.3 Å². The van der Waals surface area contributed by atoms with Gasteiger partial charge in [0.25, 0.3) is 15.9 Å². The molecule has 38 heavy (non-hydrogen) atoms. The number of hydrogen-bond donors (Lipinski definition) is 0. The number of benzene rings is 3. The van der Waals surface area contributed by atoms with E-state index < -0.39 is 21.7 Å². The van der Waals surface area contributed by atoms with E-state index in [4.69, 9.17) is 21.1 Å². The second kappa shape index (κ2) is 11.8. The largest absolute Gasteiger partial charge is 0.493 e. The molecule has 1 amide bonds. The molecule has 1 aliphatic rings. The zero-order chi connectivity index (χ0) is 27.3. The lowest BCUT2D eigenvalue weighted by Gasteiger charge is -2.13. The Morgan fingerprint density at radius 2 is 1.84 bits per heavy atom. The lowest BCUT2D eigenvalue weighted by Crippen LogP contribution is -2.29. The van der Waals surface area contributed by atoms with Crippen molar-refractivity contribution in [1.29, 1.82) is 0 Å². The highest BCUT2D eigenvalue weighted by Crippen LogP contribution is 2.36. The Labute approximate surface area is 229 Å². The number of carbonyl (C=O) groups is 1. The van der Waals surface area contributed by atoms with Gasteiger partial charge in [0.05, 0.1) is 16.9 Å². The highest BCUT2D eigenvalue weighted by Gasteiger charge is 2.34. The normalized spacial score (nSPS) is 15.8. The molecule has 0 bridgehead atoms. The van der Waals surface area contributed by atoms with Gasteiger partial charge in [-0.15, -0.1) is 11.0 Å². The van der Waals surface area contributed by atoms with E-state index in [-0.39, 0.29) is 28.1 Å². The van der Waals surface area contributed by atoms with Gasteiger partial charge in [-0.05, 0) is 65.9 Å². The van der Waals surface area contributed by atoms with Gasteiger partial charge in [0.2, 0.25) is 0 Å². The molecule has 1 aliphatic heterocycles. The second-order valence-corrected chi connectivity index (χ2v) is 10.9. The number of nitrogens with zero attached hydrogens (tertiary/aromatic N) is 2. The number of thioether (sulfide) groups is 1. The maximum atomic E-state index is 13.3. The number of amidine groups is 1. The van der Waals surface area contributed by atoms with Gasteiger partial charge in [0.15, 0.2) is 16.7 Å². The third-order valence-corrected chi connectivity index (χ3v) is 8.11. The first kappa shape index (κ1) is 27.4. The molecule has 7 nitrogen and oxygen atoms in total. The number of sulfonamides is 1. The van der Waals surface area contributed by atoms with E-state index in [0.717, 1.165) is 41.6 Å². The first-order chi connectivity index (χ1) is 18.2. The number of ether oxygens (including phenoxy) is 2. The molecule has 0 aromatic heterocycles. The van der Waals surface area contributed by atoms with Gasteiger partial charge in [-0.1, -0.05) is 41.9 Å². The van der Waals surface area contributed by atoms with Crippen LogP contribution in [0.4, 0.5) is 4.39 Å². The van der Waals surface area contributed by atoms with Crippen LogP contribution in [0.2, 0.25) is 5.02 Å². The van der Waals surface area contributed by atoms with Crippen LogP contribution in [0.25, 0.3) is 6.08 Å². The molecule has 1 fully saturated rings. The van der Waals surface area contributed by atoms with Gasteiger partial charge < -0.3 is 9.47 Å². The van der Waals surface area contributed by atoms with E-state index in [2.05, 4.69) is 11.0 Å². The minimum absolute atomic E-state index is 0.0332. The Kier molecular flexibility index (Phi) is 8.55. The number of halogens is 2. The summed E-state index contributed by atoms with van der Waals surface area (Å²) in [4.78, 5) is 14.4. The zero-order valence-corrected chi connectivity index (χ0v) is 22.5. The third kappa shape index (κ3) is 6.27. The van der Waals surface area contributed by atoms with Crippen LogP contribution in [-0.2, 0) is 21.4 Å². The zero-order valence-electron chi connectivity index (χ0n) is 20.1. The Hall–Kier alpha value is -3.60. The van der Waals surface area contributed by atoms with Crippen molar-refractivity contribution >= 4 is 50.5 Å². The van der Waals surface area contributed by atoms with Gasteiger partial charge in [-0.2, -0.15) is 8.42 Å². The van der Waals surface area contributed by atoms with E-state index >= 15 is 0 Å². The first-order valence-electron chi connectivity index (χ1n) is 11.2. The second-order valence-electron chi connectivity index (χ2n) is 7.91. The summed E-state index contributed by atoms with van der Waals surface area (Å²) in [6, 6.07) is 16.7. The molecule has 0 saturated carbocycles. The van der Waals surface area contributed by atoms with Crippen LogP contribution in [-0.4, -0.2) is 38.0 Å². The highest BCUT2D eigenvalue weighted by molar-refractivity contribution is 8.19. The van der Waals surface area contributed by atoms with Crippen molar-refractivity contribution in [2.75, 3.05) is 13.7 Å². The summed E-state index contributed by atoms with van der Waals surface area (Å²) >= 11 is 7.14. The van der Waals surface area contributed by atoms with E-state index in [1.54, 1.807) is 30.3 Å². The quantitative estimate of drug-likeness (QED) is 0.234. The summed E-state index contributed by atoms with van der Waals surface area (Å²) in [5.41, 5.74) is 1.42. The Morgan fingerprint density at radius 3 is 2.53 bits per heavy atom. The average Bonchev–Trinajstić information content (AvgIpc) is 3.17. The molecular formula is C27H22ClFN2O5S2. The summed E-state index contributed by atoms with van der Waals surface area (Å²) in [6.07, 6.45) is 3.08. The number of carbonyl (C=O) groups excluding carboxylic acids is 1. The van der Waals surface area contributed by atoms with Crippen molar-refractivity contribution in [3.8, 4) is 11.5 Å². The van der Waals surface area contributed by atoms with Crippen LogP contribution < -0.4 is 9.47 Å². The summed E-state index contributed by atoms with van der Waals surface area (Å²) < 4.78 is 54.1. The molecule has 0 atom stereocenters. The van der Waals surface area contributed by atoms with Crippen LogP contribution in [0.15, 0.2) is 93.6 Å². The Bertz CT molecular complexity index is 1540. The molecule has 3 aromatic carbocycles. The highest BCUT2D eigenvalue weighted by atomic mass is 35.5. The fourth-order valence-corrected chi connectivity index (χ4v) is 5.83. The Morgan fingerprint density at radius 1 is 1.11 bits per heavy atom. The molecule has 0 unspecified atom stereocenters. The van der Waals surface area contributed by atoms with E-state index in [1.165, 1.54) is 18.1 Å². The molecule has 196 valence electrons. The van der Waals surface area contributed by atoms with Crippen molar-refractivity contribution in [1.82, 2.24) is 4.90 Å². The summed E-state index contributed by atoms with van der Waals surface area (Å²) in [5.74, 6) is -0.0778. The average molecular weight is 573 g/mol. The molecule has 0 radical (unpaired) electrons. The van der Waals surface area contributed by atoms with Crippen molar-refractivity contribution in [3.05, 3.63) is 106 Å². The molecule has 0 spiro atoms. The van der Waals surface area contributed by atoms with Crippen molar-refractivity contribution in [3.63, 3.8) is 0 Å². The molecule has 4 rings (SSSR count). The predicted molar refractivity (Wildman–Crippen MR) is 147 cm³/mol. The van der Waals surface area contributed by atoms with Crippen molar-refractivity contribution in [2.24, 2.45) is 4.40 Å². The van der Waals surface area contributed by atoms with Gasteiger partial charge >= 0.3 is 0 Å². The summed E-state index contributed by atoms with van der Waals surface area (Å²) in [6.45, 7) is 3.89. The standard InChI is InChI=1S/C27H22ClFN2O5S2/c1-3-14-31-26(32)25(37-27(31)30-38(33,34)21-11-9-20(29)10-12-21)16-18-8-13-23(35-2)24(15-18)36-17-19-6-4-5-7-22(19)28/h3-13,15-16H,1,14,17H2,2H3/b25-16-,30-27+. The van der Waals surface area contributed by atoms with Crippen molar-refractivity contribution in [2.45, 2.75) is 11.5 Å². The molecule has 0 N–H and O–H groups in total. The van der Waals surface area contributed by atoms with Gasteiger partial charge in [-0.3, -0.25) is 9.69 Å². The molecule has 3 aromatic rings. The lowest BCUT2D eigenvalue weighted by atomic mass is 10.1. The van der Waals surface area contributed by atoms with Crippen LogP contribution in [0, 0.1) is 5.82 Å². The van der Waals surface area contributed by atoms with E-state index in [9.17, 15) is 17.6 Å². The Balaban J connectivity index is 1.63.